The first-order valence-electron chi connectivity index (χ1n) is 11.4. The van der Waals surface area contributed by atoms with Gasteiger partial charge in [0.1, 0.15) is 0 Å². The molecule has 0 saturated carbocycles. The predicted molar refractivity (Wildman–Crippen MR) is 128 cm³/mol. The Hall–Kier alpha value is -2.93. The molecule has 0 spiro atoms. The van der Waals surface area contributed by atoms with Gasteiger partial charge < -0.3 is 9.64 Å². The molecule has 0 atom stereocenters. The van der Waals surface area contributed by atoms with Gasteiger partial charge in [-0.3, -0.25) is 19.8 Å². The average molecular weight is 440 g/mol. The standard InChI is InChI=1S/C25H33N3O4/c1-4-5-16-32-24-17-20(19(2)3)6-7-21(25(24)29)18-26-12-14-27(15-13-26)22-8-10-23(11-9-22)28(30)31/h6-11,17,19H,4-5,12-16,18H2,1-3H3. The van der Waals surface area contributed by atoms with Crippen LogP contribution in [0.1, 0.15) is 50.7 Å². The number of benzene rings is 1. The van der Waals surface area contributed by atoms with Crippen molar-refractivity contribution in [1.29, 1.82) is 0 Å². The second kappa shape index (κ2) is 11.1. The Morgan fingerprint density at radius 2 is 1.75 bits per heavy atom. The molecule has 0 radical (unpaired) electrons. The molecule has 7 heteroatoms. The minimum atomic E-state index is -0.382. The van der Waals surface area contributed by atoms with Crippen LogP contribution in [0.2, 0.25) is 0 Å². The first-order valence-corrected chi connectivity index (χ1v) is 11.4. The van der Waals surface area contributed by atoms with Crippen LogP contribution in [0, 0.1) is 10.1 Å². The van der Waals surface area contributed by atoms with Crippen molar-refractivity contribution in [2.24, 2.45) is 0 Å². The maximum Gasteiger partial charge on any atom is 0.269 e. The van der Waals surface area contributed by atoms with Gasteiger partial charge in [0.05, 0.1) is 11.5 Å². The Balaban J connectivity index is 1.69. The molecule has 0 N–H and O–H groups in total. The van der Waals surface area contributed by atoms with Gasteiger partial charge in [0.2, 0.25) is 5.43 Å². The molecular formula is C25H33N3O4. The summed E-state index contributed by atoms with van der Waals surface area (Å²) in [5.41, 5.74) is 2.92. The quantitative estimate of drug-likeness (QED) is 0.323. The average Bonchev–Trinajstić information content (AvgIpc) is 2.94. The zero-order valence-electron chi connectivity index (χ0n) is 19.3. The zero-order valence-corrected chi connectivity index (χ0v) is 19.3. The summed E-state index contributed by atoms with van der Waals surface area (Å²) in [6.07, 6.45) is 1.95. The molecule has 1 heterocycles. The van der Waals surface area contributed by atoms with Gasteiger partial charge in [0.15, 0.2) is 5.75 Å². The van der Waals surface area contributed by atoms with E-state index in [2.05, 4.69) is 30.6 Å². The SMILES string of the molecule is CCCCOc1cc(C(C)C)ccc(CN2CCN(c3ccc([N+](=O)[O-])cc3)CC2)c1=O. The second-order valence-corrected chi connectivity index (χ2v) is 8.59. The molecule has 0 bridgehead atoms. The van der Waals surface area contributed by atoms with E-state index in [1.165, 1.54) is 0 Å². The molecule has 0 unspecified atom stereocenters. The monoisotopic (exact) mass is 439 g/mol. The van der Waals surface area contributed by atoms with E-state index in [1.54, 1.807) is 24.3 Å². The predicted octanol–water partition coefficient (Wildman–Crippen LogP) is 4.58. The molecule has 3 rings (SSSR count). The van der Waals surface area contributed by atoms with Gasteiger partial charge in [-0.2, -0.15) is 0 Å². The summed E-state index contributed by atoms with van der Waals surface area (Å²) in [6, 6.07) is 12.6. The molecule has 0 amide bonds. The number of unbranched alkanes of at least 4 members (excludes halogenated alkanes) is 1. The highest BCUT2D eigenvalue weighted by Crippen LogP contribution is 2.22. The van der Waals surface area contributed by atoms with Crippen LogP contribution < -0.4 is 15.1 Å². The Kier molecular flexibility index (Phi) is 8.22. The summed E-state index contributed by atoms with van der Waals surface area (Å²) in [4.78, 5) is 28.1. The summed E-state index contributed by atoms with van der Waals surface area (Å²) < 4.78 is 5.87. The van der Waals surface area contributed by atoms with Crippen LogP contribution in [0.3, 0.4) is 0 Å². The fraction of sp³-hybridized carbons (Fsp3) is 0.480. The van der Waals surface area contributed by atoms with Gasteiger partial charge in [-0.15, -0.1) is 0 Å². The number of anilines is 1. The number of nitro groups is 1. The minimum absolute atomic E-state index is 0.0224. The molecule has 2 aromatic carbocycles. The normalized spacial score (nSPS) is 14.6. The van der Waals surface area contributed by atoms with Gasteiger partial charge in [0.25, 0.3) is 5.69 Å². The molecule has 0 aromatic heterocycles. The van der Waals surface area contributed by atoms with E-state index in [1.807, 2.05) is 18.2 Å². The molecule has 7 nitrogen and oxygen atoms in total. The molecule has 2 aromatic rings. The van der Waals surface area contributed by atoms with E-state index in [9.17, 15) is 14.9 Å². The van der Waals surface area contributed by atoms with Gasteiger partial charge in [0, 0.05) is 56.1 Å². The lowest BCUT2D eigenvalue weighted by Gasteiger charge is -2.36. The van der Waals surface area contributed by atoms with Crippen LogP contribution >= 0.6 is 0 Å². The topological polar surface area (TPSA) is 75.9 Å². The van der Waals surface area contributed by atoms with Crippen LogP contribution in [-0.4, -0.2) is 42.6 Å². The lowest BCUT2D eigenvalue weighted by atomic mass is 10.1. The first-order chi connectivity index (χ1) is 15.4. The summed E-state index contributed by atoms with van der Waals surface area (Å²) in [5.74, 6) is 0.764. The smallest absolute Gasteiger partial charge is 0.269 e. The van der Waals surface area contributed by atoms with Crippen LogP contribution in [0.4, 0.5) is 11.4 Å². The van der Waals surface area contributed by atoms with E-state index in [0.29, 0.717) is 24.8 Å². The molecule has 172 valence electrons. The Bertz CT molecular complexity index is 968. The summed E-state index contributed by atoms with van der Waals surface area (Å²) in [5, 5.41) is 10.9. The van der Waals surface area contributed by atoms with Gasteiger partial charge in [-0.05, 0) is 36.1 Å². The van der Waals surface area contributed by atoms with Gasteiger partial charge >= 0.3 is 0 Å². The third-order valence-electron chi connectivity index (χ3n) is 5.90. The molecule has 32 heavy (non-hydrogen) atoms. The van der Waals surface area contributed by atoms with Crippen molar-refractivity contribution >= 4 is 11.4 Å². The summed E-state index contributed by atoms with van der Waals surface area (Å²) in [6.45, 7) is 10.7. The van der Waals surface area contributed by atoms with Crippen LogP contribution in [0.25, 0.3) is 0 Å². The summed E-state index contributed by atoms with van der Waals surface area (Å²) in [7, 11) is 0. The number of nitro benzene ring substituents is 1. The van der Waals surface area contributed by atoms with Crippen molar-refractivity contribution < 1.29 is 9.66 Å². The molecule has 1 saturated heterocycles. The fourth-order valence-corrected chi connectivity index (χ4v) is 3.80. The van der Waals surface area contributed by atoms with Crippen molar-refractivity contribution in [2.75, 3.05) is 37.7 Å². The number of piperazine rings is 1. The summed E-state index contributed by atoms with van der Waals surface area (Å²) >= 11 is 0. The molecule has 1 aliphatic heterocycles. The highest BCUT2D eigenvalue weighted by molar-refractivity contribution is 5.51. The molecule has 1 fully saturated rings. The number of hydrogen-bond donors (Lipinski definition) is 0. The number of rotatable bonds is 9. The highest BCUT2D eigenvalue weighted by atomic mass is 16.6. The van der Waals surface area contributed by atoms with Gasteiger partial charge in [-0.25, -0.2) is 0 Å². The maximum absolute atomic E-state index is 13.2. The van der Waals surface area contributed by atoms with Crippen LogP contribution in [-0.2, 0) is 6.54 Å². The largest absolute Gasteiger partial charge is 0.489 e. The van der Waals surface area contributed by atoms with Crippen molar-refractivity contribution in [3.8, 4) is 5.75 Å². The Labute approximate surface area is 189 Å². The minimum Gasteiger partial charge on any atom is -0.489 e. The van der Waals surface area contributed by atoms with Gasteiger partial charge in [-0.1, -0.05) is 39.3 Å². The number of non-ortho nitro benzene ring substituents is 1. The van der Waals surface area contributed by atoms with Crippen molar-refractivity contribution in [2.45, 2.75) is 46.1 Å². The lowest BCUT2D eigenvalue weighted by molar-refractivity contribution is -0.384. The first kappa shape index (κ1) is 23.7. The second-order valence-electron chi connectivity index (χ2n) is 8.59. The van der Waals surface area contributed by atoms with E-state index in [-0.39, 0.29) is 16.0 Å². The molecule has 1 aliphatic rings. The van der Waals surface area contributed by atoms with E-state index < -0.39 is 0 Å². The molecule has 0 aliphatic carbocycles. The Morgan fingerprint density at radius 3 is 2.34 bits per heavy atom. The third-order valence-corrected chi connectivity index (χ3v) is 5.90. The van der Waals surface area contributed by atoms with E-state index in [0.717, 1.165) is 55.8 Å². The highest BCUT2D eigenvalue weighted by Gasteiger charge is 2.19. The lowest BCUT2D eigenvalue weighted by Crippen LogP contribution is -2.46. The number of ether oxygens (including phenoxy) is 1. The van der Waals surface area contributed by atoms with Crippen molar-refractivity contribution in [3.05, 3.63) is 73.9 Å². The number of hydrogen-bond acceptors (Lipinski definition) is 6. The van der Waals surface area contributed by atoms with Crippen molar-refractivity contribution in [3.63, 3.8) is 0 Å². The van der Waals surface area contributed by atoms with E-state index >= 15 is 0 Å². The fourth-order valence-electron chi connectivity index (χ4n) is 3.80. The maximum atomic E-state index is 13.2. The number of nitrogens with zero attached hydrogens (tertiary/aromatic N) is 3. The van der Waals surface area contributed by atoms with Crippen LogP contribution in [0.15, 0.2) is 47.3 Å². The Morgan fingerprint density at radius 1 is 1.06 bits per heavy atom. The molecular weight excluding hydrogens is 406 g/mol. The van der Waals surface area contributed by atoms with E-state index in [4.69, 9.17) is 4.74 Å². The van der Waals surface area contributed by atoms with Crippen molar-refractivity contribution in [1.82, 2.24) is 4.90 Å². The van der Waals surface area contributed by atoms with Crippen LogP contribution in [0.5, 0.6) is 5.75 Å². The zero-order chi connectivity index (χ0) is 23.1. The third kappa shape index (κ3) is 6.07.